The van der Waals surface area contributed by atoms with Crippen molar-refractivity contribution in [2.75, 3.05) is 0 Å². The summed E-state index contributed by atoms with van der Waals surface area (Å²) in [5.74, 6) is 0.794. The fourth-order valence-electron chi connectivity index (χ4n) is 5.67. The molecule has 0 spiro atoms. The summed E-state index contributed by atoms with van der Waals surface area (Å²) in [4.78, 5) is 2.98. The van der Waals surface area contributed by atoms with E-state index in [0.29, 0.717) is 5.41 Å². The molecule has 0 saturated heterocycles. The Kier molecular flexibility index (Phi) is 3.80. The molecule has 2 fully saturated rings. The molecule has 3 aromatic rings. The van der Waals surface area contributed by atoms with Crippen molar-refractivity contribution < 1.29 is 0 Å². The molecule has 0 atom stereocenters. The van der Waals surface area contributed by atoms with Crippen LogP contribution in [0, 0.1) is 13.8 Å². The molecule has 0 amide bonds. The highest BCUT2D eigenvalue weighted by Gasteiger charge is 2.36. The number of hydrogen-bond acceptors (Lipinski definition) is 2. The molecular weight excluding hydrogens is 340 g/mol. The first-order valence-corrected chi connectivity index (χ1v) is 11.7. The minimum atomic E-state index is 0.384. The molecule has 1 aromatic carbocycles. The first kappa shape index (κ1) is 16.3. The summed E-state index contributed by atoms with van der Waals surface area (Å²) in [5.41, 5.74) is 3.81. The van der Waals surface area contributed by atoms with Gasteiger partial charge in [-0.05, 0) is 84.9 Å². The van der Waals surface area contributed by atoms with E-state index in [1.165, 1.54) is 61.1 Å². The lowest BCUT2D eigenvalue weighted by Crippen LogP contribution is -2.17. The summed E-state index contributed by atoms with van der Waals surface area (Å²) in [6, 6.07) is 5.04. The van der Waals surface area contributed by atoms with Crippen molar-refractivity contribution in [2.45, 2.75) is 83.5 Å². The number of rotatable bonds is 2. The van der Waals surface area contributed by atoms with E-state index in [1.54, 1.807) is 31.3 Å². The molecule has 2 aliphatic rings. The molecule has 0 unspecified atom stereocenters. The second kappa shape index (κ2) is 5.82. The molecule has 0 aliphatic heterocycles. The maximum atomic E-state index is 2.55. The Morgan fingerprint density at radius 1 is 0.840 bits per heavy atom. The average Bonchev–Trinajstić information content (AvgIpc) is 3.31. The monoisotopic (exact) mass is 368 g/mol. The first-order valence-electron chi connectivity index (χ1n) is 10.0. The molecule has 25 heavy (non-hydrogen) atoms. The van der Waals surface area contributed by atoms with Crippen LogP contribution < -0.4 is 0 Å². The number of aryl methyl sites for hydroxylation is 2. The van der Waals surface area contributed by atoms with Crippen molar-refractivity contribution in [3.63, 3.8) is 0 Å². The van der Waals surface area contributed by atoms with E-state index >= 15 is 0 Å². The van der Waals surface area contributed by atoms with Crippen LogP contribution in [0.2, 0.25) is 0 Å². The largest absolute Gasteiger partial charge is 0.140 e. The van der Waals surface area contributed by atoms with E-state index in [9.17, 15) is 0 Å². The molecule has 2 heterocycles. The summed E-state index contributed by atoms with van der Waals surface area (Å²) in [7, 11) is 0. The van der Waals surface area contributed by atoms with E-state index in [-0.39, 0.29) is 0 Å². The summed E-state index contributed by atoms with van der Waals surface area (Å²) < 4.78 is 3.27. The van der Waals surface area contributed by atoms with E-state index < -0.39 is 0 Å². The SMILES string of the molecule is Cc1cc2c(C3(C)CCCC3)c3sc(C)cc3c(C3CCCC3)c2s1. The Balaban J connectivity index is 1.91. The van der Waals surface area contributed by atoms with Crippen molar-refractivity contribution in [1.29, 1.82) is 0 Å². The Hall–Kier alpha value is -0.860. The topological polar surface area (TPSA) is 0 Å². The second-order valence-corrected chi connectivity index (χ2v) is 11.3. The van der Waals surface area contributed by atoms with Gasteiger partial charge in [0, 0.05) is 19.2 Å². The van der Waals surface area contributed by atoms with Crippen LogP contribution >= 0.6 is 22.7 Å². The van der Waals surface area contributed by atoms with Crippen LogP contribution in [0.5, 0.6) is 0 Å². The van der Waals surface area contributed by atoms with Crippen molar-refractivity contribution in [2.24, 2.45) is 0 Å². The van der Waals surface area contributed by atoms with Crippen LogP contribution in [0.15, 0.2) is 12.1 Å². The van der Waals surface area contributed by atoms with Gasteiger partial charge in [-0.25, -0.2) is 0 Å². The van der Waals surface area contributed by atoms with Crippen LogP contribution in [0.3, 0.4) is 0 Å². The summed E-state index contributed by atoms with van der Waals surface area (Å²) in [6.07, 6.45) is 11.2. The van der Waals surface area contributed by atoms with Gasteiger partial charge in [0.15, 0.2) is 0 Å². The van der Waals surface area contributed by atoms with E-state index in [2.05, 4.69) is 55.6 Å². The average molecular weight is 369 g/mol. The van der Waals surface area contributed by atoms with Crippen LogP contribution in [0.1, 0.15) is 85.1 Å². The number of hydrogen-bond donors (Lipinski definition) is 0. The Bertz CT molecular complexity index is 886. The first-order chi connectivity index (χ1) is 12.1. The molecule has 5 rings (SSSR count). The quantitative estimate of drug-likeness (QED) is 0.427. The van der Waals surface area contributed by atoms with Gasteiger partial charge < -0.3 is 0 Å². The summed E-state index contributed by atoms with van der Waals surface area (Å²) in [5, 5.41) is 3.23. The molecule has 0 nitrogen and oxygen atoms in total. The number of fused-ring (bicyclic) bond motifs is 2. The van der Waals surface area contributed by atoms with E-state index in [1.807, 2.05) is 0 Å². The zero-order chi connectivity index (χ0) is 17.2. The van der Waals surface area contributed by atoms with E-state index in [0.717, 1.165) is 5.92 Å². The molecule has 0 radical (unpaired) electrons. The highest BCUT2D eigenvalue weighted by atomic mass is 32.1. The van der Waals surface area contributed by atoms with Gasteiger partial charge in [0.05, 0.1) is 0 Å². The van der Waals surface area contributed by atoms with Crippen LogP contribution in [-0.2, 0) is 5.41 Å². The van der Waals surface area contributed by atoms with Gasteiger partial charge in [0.1, 0.15) is 0 Å². The van der Waals surface area contributed by atoms with Crippen LogP contribution in [-0.4, -0.2) is 0 Å². The molecule has 2 aliphatic carbocycles. The van der Waals surface area contributed by atoms with Gasteiger partial charge in [-0.3, -0.25) is 0 Å². The Labute approximate surface area is 159 Å². The zero-order valence-electron chi connectivity index (χ0n) is 15.7. The molecule has 2 heteroatoms. The normalized spacial score (nSPS) is 21.1. The highest BCUT2D eigenvalue weighted by molar-refractivity contribution is 7.21. The molecule has 2 aromatic heterocycles. The Morgan fingerprint density at radius 3 is 2.12 bits per heavy atom. The predicted octanol–water partition coefficient (Wildman–Crippen LogP) is 8.22. The standard InChI is InChI=1S/C23H28S2/c1-14-12-17-19(16-8-4-5-9-16)21-18(13-15(2)24-21)20(22(17)25-14)23(3)10-6-7-11-23/h12-13,16H,4-11H2,1-3H3. The number of thiophene rings is 2. The molecule has 0 N–H and O–H groups in total. The lowest BCUT2D eigenvalue weighted by molar-refractivity contribution is 0.500. The fourth-order valence-corrected chi connectivity index (χ4v) is 8.06. The van der Waals surface area contributed by atoms with Crippen molar-refractivity contribution in [3.8, 4) is 0 Å². The molecular formula is C23H28S2. The molecule has 0 bridgehead atoms. The van der Waals surface area contributed by atoms with Crippen molar-refractivity contribution in [3.05, 3.63) is 33.0 Å². The zero-order valence-corrected chi connectivity index (χ0v) is 17.3. The predicted molar refractivity (Wildman–Crippen MR) is 114 cm³/mol. The Morgan fingerprint density at radius 2 is 1.44 bits per heavy atom. The van der Waals surface area contributed by atoms with Gasteiger partial charge in [-0.2, -0.15) is 0 Å². The summed E-state index contributed by atoms with van der Waals surface area (Å²) in [6.45, 7) is 7.16. The van der Waals surface area contributed by atoms with Crippen LogP contribution in [0.25, 0.3) is 20.2 Å². The lowest BCUT2D eigenvalue weighted by atomic mass is 9.77. The van der Waals surface area contributed by atoms with Gasteiger partial charge in [0.25, 0.3) is 0 Å². The third-order valence-electron chi connectivity index (χ3n) is 6.82. The third kappa shape index (κ3) is 2.44. The van der Waals surface area contributed by atoms with Gasteiger partial charge in [-0.1, -0.05) is 32.6 Å². The summed E-state index contributed by atoms with van der Waals surface area (Å²) >= 11 is 4.13. The van der Waals surface area contributed by atoms with E-state index in [4.69, 9.17) is 0 Å². The van der Waals surface area contributed by atoms with Gasteiger partial charge in [0.2, 0.25) is 0 Å². The fraction of sp³-hybridized carbons (Fsp3) is 0.565. The smallest absolute Gasteiger partial charge is 0.0393 e. The maximum absolute atomic E-state index is 2.55. The molecule has 132 valence electrons. The maximum Gasteiger partial charge on any atom is 0.0393 e. The third-order valence-corrected chi connectivity index (χ3v) is 8.97. The second-order valence-electron chi connectivity index (χ2n) is 8.74. The molecule has 2 saturated carbocycles. The van der Waals surface area contributed by atoms with Gasteiger partial charge in [-0.15, -0.1) is 22.7 Å². The van der Waals surface area contributed by atoms with Crippen LogP contribution in [0.4, 0.5) is 0 Å². The van der Waals surface area contributed by atoms with Crippen molar-refractivity contribution >= 4 is 42.8 Å². The minimum absolute atomic E-state index is 0.384. The number of benzene rings is 1. The van der Waals surface area contributed by atoms with Gasteiger partial charge >= 0.3 is 0 Å². The lowest BCUT2D eigenvalue weighted by Gasteiger charge is -2.28. The van der Waals surface area contributed by atoms with Crippen molar-refractivity contribution in [1.82, 2.24) is 0 Å². The minimum Gasteiger partial charge on any atom is -0.140 e. The highest BCUT2D eigenvalue weighted by Crippen LogP contribution is 2.53.